The van der Waals surface area contributed by atoms with E-state index in [0.29, 0.717) is 0 Å². The van der Waals surface area contributed by atoms with Crippen LogP contribution in [0.5, 0.6) is 0 Å². The summed E-state index contributed by atoms with van der Waals surface area (Å²) in [5.41, 5.74) is 16.3. The van der Waals surface area contributed by atoms with Crippen LogP contribution in [0.15, 0.2) is 133 Å². The number of fused-ring (bicyclic) bond motifs is 15. The largest absolute Gasteiger partial charge is 0.355 e. The highest BCUT2D eigenvalue weighted by molar-refractivity contribution is 7.26. The van der Waals surface area contributed by atoms with E-state index in [2.05, 4.69) is 192 Å². The number of thiophene rings is 3. The molecule has 1 N–H and O–H groups in total. The van der Waals surface area contributed by atoms with E-state index in [4.69, 9.17) is 0 Å². The first-order valence-corrected chi connectivity index (χ1v) is 26.0. The van der Waals surface area contributed by atoms with Crippen molar-refractivity contribution in [3.05, 3.63) is 150 Å². The summed E-state index contributed by atoms with van der Waals surface area (Å²) in [6.45, 7) is 16.7. The molecular weight excluding hydrogens is 856 g/mol. The van der Waals surface area contributed by atoms with Gasteiger partial charge in [0.1, 0.15) is 0 Å². The molecule has 2 nitrogen and oxygen atoms in total. The number of hydrogen-bond donors (Lipinski definition) is 1. The Hall–Kier alpha value is -5.92. The van der Waals surface area contributed by atoms with Crippen LogP contribution < -0.4 is 16.2 Å². The van der Waals surface area contributed by atoms with Crippen LogP contribution >= 0.6 is 34.0 Å². The lowest BCUT2D eigenvalue weighted by Crippen LogP contribution is -2.37. The Kier molecular flexibility index (Phi) is 7.96. The van der Waals surface area contributed by atoms with Gasteiger partial charge in [0.25, 0.3) is 0 Å². The molecule has 0 saturated heterocycles. The third-order valence-electron chi connectivity index (χ3n) is 15.6. The first-order valence-electron chi connectivity index (χ1n) is 23.6. The van der Waals surface area contributed by atoms with Gasteiger partial charge in [0.15, 0.2) is 7.28 Å². The Morgan fingerprint density at radius 3 is 1.82 bits per heavy atom. The Bertz CT molecular complexity index is 4090. The van der Waals surface area contributed by atoms with Crippen LogP contribution in [-0.4, -0.2) is 11.8 Å². The van der Waals surface area contributed by atoms with Crippen molar-refractivity contribution in [3.63, 3.8) is 0 Å². The third kappa shape index (κ3) is 5.59. The molecule has 1 aliphatic carbocycles. The molecule has 66 heavy (non-hydrogen) atoms. The van der Waals surface area contributed by atoms with Crippen molar-refractivity contribution < 1.29 is 0 Å². The molecule has 0 fully saturated rings. The Balaban J connectivity index is 1.06. The summed E-state index contributed by atoms with van der Waals surface area (Å²) in [7, 11) is 0.862. The van der Waals surface area contributed by atoms with Crippen molar-refractivity contribution in [3.8, 4) is 16.8 Å². The van der Waals surface area contributed by atoms with Crippen LogP contribution in [0.1, 0.15) is 78.0 Å². The maximum Gasteiger partial charge on any atom is 0.198 e. The number of anilines is 2. The van der Waals surface area contributed by atoms with Gasteiger partial charge in [0.05, 0.1) is 5.52 Å². The molecule has 5 heterocycles. The molecule has 0 bridgehead atoms. The molecule has 4 aromatic heterocycles. The zero-order chi connectivity index (χ0) is 44.6. The molecule has 6 heteroatoms. The first-order chi connectivity index (χ1) is 31.8. The molecule has 0 amide bonds. The van der Waals surface area contributed by atoms with E-state index < -0.39 is 0 Å². The first kappa shape index (κ1) is 39.3. The zero-order valence-electron chi connectivity index (χ0n) is 38.5. The van der Waals surface area contributed by atoms with E-state index in [0.717, 1.165) is 18.7 Å². The van der Waals surface area contributed by atoms with Crippen LogP contribution in [-0.2, 0) is 16.2 Å². The topological polar surface area (TPSA) is 17.0 Å². The molecule has 1 aliphatic heterocycles. The Morgan fingerprint density at radius 1 is 0.515 bits per heavy atom. The van der Waals surface area contributed by atoms with Gasteiger partial charge in [-0.1, -0.05) is 115 Å². The summed E-state index contributed by atoms with van der Waals surface area (Å²) in [5.74, 6) is 0. The van der Waals surface area contributed by atoms with Crippen molar-refractivity contribution >= 4 is 146 Å². The maximum absolute atomic E-state index is 4.04. The highest BCUT2D eigenvalue weighted by Gasteiger charge is 2.38. The van der Waals surface area contributed by atoms with Gasteiger partial charge in [-0.15, -0.1) is 34.0 Å². The van der Waals surface area contributed by atoms with Crippen molar-refractivity contribution in [1.29, 1.82) is 0 Å². The number of rotatable bonds is 3. The van der Waals surface area contributed by atoms with Crippen molar-refractivity contribution in [2.45, 2.75) is 77.6 Å². The molecular formula is C60H49BN2S3. The number of hydrogen-bond acceptors (Lipinski definition) is 4. The summed E-state index contributed by atoms with van der Waals surface area (Å²) in [4.78, 5) is 0. The van der Waals surface area contributed by atoms with Gasteiger partial charge >= 0.3 is 0 Å². The quantitative estimate of drug-likeness (QED) is 0.175. The van der Waals surface area contributed by atoms with Crippen LogP contribution in [0, 0.1) is 0 Å². The van der Waals surface area contributed by atoms with Gasteiger partial charge in [-0.3, -0.25) is 0 Å². The molecule has 14 rings (SSSR count). The predicted octanol–water partition coefficient (Wildman–Crippen LogP) is 16.6. The molecule has 0 spiro atoms. The van der Waals surface area contributed by atoms with E-state index in [1.165, 1.54) is 140 Å². The monoisotopic (exact) mass is 904 g/mol. The van der Waals surface area contributed by atoms with E-state index in [-0.39, 0.29) is 16.2 Å². The summed E-state index contributed by atoms with van der Waals surface area (Å²) >= 11 is 5.80. The average Bonchev–Trinajstić information content (AvgIpc) is 4.05. The molecule has 320 valence electrons. The Morgan fingerprint density at radius 2 is 1.11 bits per heavy atom. The highest BCUT2D eigenvalue weighted by atomic mass is 32.1. The van der Waals surface area contributed by atoms with Crippen molar-refractivity contribution in [2.24, 2.45) is 0 Å². The van der Waals surface area contributed by atoms with Gasteiger partial charge in [0, 0.05) is 99.4 Å². The van der Waals surface area contributed by atoms with Crippen LogP contribution in [0.25, 0.3) is 99.1 Å². The van der Waals surface area contributed by atoms with Gasteiger partial charge in [-0.05, 0) is 130 Å². The van der Waals surface area contributed by atoms with Crippen molar-refractivity contribution in [1.82, 2.24) is 4.57 Å². The molecule has 0 radical (unpaired) electrons. The normalized spacial score (nSPS) is 15.4. The minimum absolute atomic E-state index is 0.0795. The zero-order valence-corrected chi connectivity index (χ0v) is 40.9. The molecule has 12 aromatic rings. The van der Waals surface area contributed by atoms with Crippen LogP contribution in [0.3, 0.4) is 0 Å². The van der Waals surface area contributed by atoms with E-state index in [9.17, 15) is 0 Å². The van der Waals surface area contributed by atoms with Gasteiger partial charge < -0.3 is 9.88 Å². The summed E-state index contributed by atoms with van der Waals surface area (Å²) in [6.07, 6.45) is 2.42. The van der Waals surface area contributed by atoms with Crippen LogP contribution in [0.4, 0.5) is 11.4 Å². The second-order valence-electron chi connectivity index (χ2n) is 21.6. The van der Waals surface area contributed by atoms with E-state index >= 15 is 0 Å². The molecule has 0 saturated carbocycles. The molecule has 0 atom stereocenters. The predicted molar refractivity (Wildman–Crippen MR) is 295 cm³/mol. The fourth-order valence-corrected chi connectivity index (χ4v) is 15.3. The lowest BCUT2D eigenvalue weighted by atomic mass is 9.59. The van der Waals surface area contributed by atoms with E-state index in [1.807, 2.05) is 34.0 Å². The fourth-order valence-electron chi connectivity index (χ4n) is 11.8. The minimum Gasteiger partial charge on any atom is -0.355 e. The lowest BCUT2D eigenvalue weighted by molar-refractivity contribution is 0.332. The van der Waals surface area contributed by atoms with Gasteiger partial charge in [-0.25, -0.2) is 0 Å². The summed E-state index contributed by atoms with van der Waals surface area (Å²) in [6, 6.07) is 52.0. The number of aromatic nitrogens is 1. The fraction of sp³-hybridized carbons (Fsp3) is 0.200. The second-order valence-corrected chi connectivity index (χ2v) is 24.9. The number of nitrogens with zero attached hydrogens (tertiary/aromatic N) is 1. The molecule has 0 unspecified atom stereocenters. The van der Waals surface area contributed by atoms with Crippen molar-refractivity contribution in [2.75, 3.05) is 5.32 Å². The number of nitrogens with one attached hydrogen (secondary N) is 1. The highest BCUT2D eigenvalue weighted by Crippen LogP contribution is 2.51. The Labute approximate surface area is 397 Å². The van der Waals surface area contributed by atoms with Crippen LogP contribution in [0.2, 0.25) is 0 Å². The van der Waals surface area contributed by atoms with Gasteiger partial charge in [0.2, 0.25) is 0 Å². The van der Waals surface area contributed by atoms with Gasteiger partial charge in [-0.2, -0.15) is 0 Å². The molecule has 2 aliphatic rings. The SMILES string of the molecule is CC(C)(C)c1ccc(Nc2cc3c(cc2-c2ccc4c5cc6c(cc5n5c4c2Bc2cc4sc7ccccc7c4cc2-5)sc2ccccc26)sc2cc4c(cc23)C(C)(C)CCC4(C)C)cc1. The smallest absolute Gasteiger partial charge is 0.198 e. The lowest BCUT2D eigenvalue weighted by Gasteiger charge is -2.41. The molecule has 8 aromatic carbocycles. The average molecular weight is 905 g/mol. The maximum atomic E-state index is 4.04. The third-order valence-corrected chi connectivity index (χ3v) is 19.0. The standard InChI is InChI=1S/C60H49BN2S3/c1-58(2,3)32-16-18-33(19-17-32)62-47-26-42-41-25-44-45(60(6,7)23-22-59(44,4)5)29-53(41)66-52(42)28-38(47)36-20-21-37-39-24-40-34-12-8-10-14-50(34)65-55(40)31-48(39)63-49-27-43-35-13-9-11-15-51(35)64-54(43)30-46(49)61-56(36)57(37)63/h8-21,24-31,61-62H,22-23H2,1-7H3. The number of benzene rings is 8. The summed E-state index contributed by atoms with van der Waals surface area (Å²) in [5, 5.41) is 14.8. The van der Waals surface area contributed by atoms with E-state index in [1.54, 1.807) is 0 Å². The second kappa shape index (κ2) is 13.4. The summed E-state index contributed by atoms with van der Waals surface area (Å²) < 4.78 is 10.8. The minimum atomic E-state index is 0.0795.